The van der Waals surface area contributed by atoms with Crippen molar-refractivity contribution in [2.75, 3.05) is 33.7 Å². The first-order chi connectivity index (χ1) is 17.1. The van der Waals surface area contributed by atoms with Gasteiger partial charge in [0.1, 0.15) is 17.2 Å². The van der Waals surface area contributed by atoms with Crippen LogP contribution >= 0.6 is 0 Å². The lowest BCUT2D eigenvalue weighted by atomic mass is 10.1. The van der Waals surface area contributed by atoms with Crippen LogP contribution in [-0.2, 0) is 4.79 Å². The fourth-order valence-electron chi connectivity index (χ4n) is 4.39. The summed E-state index contributed by atoms with van der Waals surface area (Å²) in [7, 11) is 3.97. The molecule has 178 valence electrons. The number of ether oxygens (including phenoxy) is 1. The second kappa shape index (κ2) is 10.1. The van der Waals surface area contributed by atoms with Crippen molar-refractivity contribution in [3.63, 3.8) is 0 Å². The van der Waals surface area contributed by atoms with Crippen LogP contribution in [0, 0.1) is 0 Å². The van der Waals surface area contributed by atoms with E-state index >= 15 is 0 Å². The molecule has 2 aromatic heterocycles. The Morgan fingerprint density at radius 2 is 1.86 bits per heavy atom. The second-order valence-corrected chi connectivity index (χ2v) is 9.02. The molecule has 0 bridgehead atoms. The van der Waals surface area contributed by atoms with Crippen molar-refractivity contribution in [1.29, 1.82) is 0 Å². The number of benzene rings is 2. The maximum absolute atomic E-state index is 12.6. The molecule has 1 amide bonds. The number of rotatable bonds is 7. The minimum Gasteiger partial charge on any atom is -0.457 e. The summed E-state index contributed by atoms with van der Waals surface area (Å²) in [6, 6.07) is 19.8. The number of likely N-dealkylation sites (tertiary alicyclic amines) is 1. The number of hydrogen-bond acceptors (Lipinski definition) is 5. The largest absolute Gasteiger partial charge is 0.457 e. The molecule has 1 fully saturated rings. The van der Waals surface area contributed by atoms with Crippen molar-refractivity contribution in [3.05, 3.63) is 85.2 Å². The molecule has 0 saturated carbocycles. The topological polar surface area (TPSA) is 63.5 Å². The predicted octanol–water partition coefficient (Wildman–Crippen LogP) is 4.78. The van der Waals surface area contributed by atoms with E-state index in [0.29, 0.717) is 6.54 Å². The fourth-order valence-corrected chi connectivity index (χ4v) is 4.39. The van der Waals surface area contributed by atoms with Crippen LogP contribution in [0.3, 0.4) is 0 Å². The standard InChI is InChI=1S/C28H29N5O2/c1-31(2)17-6-9-27(34)32-18-15-22(20-32)33-26-14-16-29-19-25(26)28(30-33)21-10-12-24(13-11-21)35-23-7-4-3-5-8-23/h3-14,16,19,22H,15,17-18,20H2,1-2H3/b9-6+. The van der Waals surface area contributed by atoms with Gasteiger partial charge in [-0.3, -0.25) is 14.5 Å². The molecule has 7 nitrogen and oxygen atoms in total. The summed E-state index contributed by atoms with van der Waals surface area (Å²) in [5.74, 6) is 1.63. The van der Waals surface area contributed by atoms with Gasteiger partial charge in [-0.05, 0) is 63.0 Å². The van der Waals surface area contributed by atoms with Crippen LogP contribution in [0.1, 0.15) is 12.5 Å². The highest BCUT2D eigenvalue weighted by atomic mass is 16.5. The Hall–Kier alpha value is -3.97. The van der Waals surface area contributed by atoms with E-state index in [0.717, 1.165) is 53.2 Å². The third-order valence-corrected chi connectivity index (χ3v) is 6.17. The van der Waals surface area contributed by atoms with E-state index in [9.17, 15) is 4.79 Å². The number of nitrogens with zero attached hydrogens (tertiary/aromatic N) is 5. The second-order valence-electron chi connectivity index (χ2n) is 9.02. The van der Waals surface area contributed by atoms with Crippen molar-refractivity contribution in [1.82, 2.24) is 24.6 Å². The van der Waals surface area contributed by atoms with Crippen LogP contribution in [0.4, 0.5) is 0 Å². The minimum atomic E-state index is 0.0571. The van der Waals surface area contributed by atoms with Crippen molar-refractivity contribution >= 4 is 16.8 Å². The van der Waals surface area contributed by atoms with Gasteiger partial charge in [-0.2, -0.15) is 5.10 Å². The predicted molar refractivity (Wildman–Crippen MR) is 137 cm³/mol. The van der Waals surface area contributed by atoms with Crippen LogP contribution in [-0.4, -0.2) is 64.2 Å². The van der Waals surface area contributed by atoms with Gasteiger partial charge in [0, 0.05) is 49.1 Å². The van der Waals surface area contributed by atoms with Crippen LogP contribution in [0.25, 0.3) is 22.2 Å². The highest BCUT2D eigenvalue weighted by molar-refractivity contribution is 5.93. The lowest BCUT2D eigenvalue weighted by Gasteiger charge is -2.15. The normalized spacial score (nSPS) is 16.0. The summed E-state index contributed by atoms with van der Waals surface area (Å²) in [6.45, 7) is 2.12. The van der Waals surface area contributed by atoms with Crippen molar-refractivity contribution < 1.29 is 9.53 Å². The molecule has 1 saturated heterocycles. The maximum Gasteiger partial charge on any atom is 0.246 e. The van der Waals surface area contributed by atoms with Crippen LogP contribution < -0.4 is 4.74 Å². The molecule has 5 rings (SSSR count). The smallest absolute Gasteiger partial charge is 0.246 e. The molecule has 35 heavy (non-hydrogen) atoms. The van der Waals surface area contributed by atoms with Crippen LogP contribution in [0.2, 0.25) is 0 Å². The molecule has 0 N–H and O–H groups in total. The zero-order valence-corrected chi connectivity index (χ0v) is 20.0. The van der Waals surface area contributed by atoms with Gasteiger partial charge in [-0.25, -0.2) is 0 Å². The Labute approximate surface area is 205 Å². The fraction of sp³-hybridized carbons (Fsp3) is 0.250. The average Bonchev–Trinajstić information content (AvgIpc) is 3.50. The maximum atomic E-state index is 12.6. The minimum absolute atomic E-state index is 0.0571. The molecule has 1 atom stereocenters. The van der Waals surface area contributed by atoms with E-state index in [1.54, 1.807) is 12.3 Å². The first kappa shape index (κ1) is 22.8. The summed E-state index contributed by atoms with van der Waals surface area (Å²) in [4.78, 5) is 20.9. The molecule has 7 heteroatoms. The summed E-state index contributed by atoms with van der Waals surface area (Å²) in [5, 5.41) is 6.01. The molecule has 1 aliphatic rings. The molecule has 0 radical (unpaired) electrons. The van der Waals surface area contributed by atoms with Gasteiger partial charge in [-0.1, -0.05) is 24.3 Å². The van der Waals surface area contributed by atoms with Gasteiger partial charge in [0.25, 0.3) is 0 Å². The zero-order valence-electron chi connectivity index (χ0n) is 20.0. The molecule has 2 aromatic carbocycles. The molecular formula is C28H29N5O2. The van der Waals surface area contributed by atoms with Crippen molar-refractivity contribution in [2.45, 2.75) is 12.5 Å². The SMILES string of the molecule is CN(C)C/C=C/C(=O)N1CCC(n2nc(-c3ccc(Oc4ccccc4)cc3)c3cnccc32)C1. The number of carbonyl (C=O) groups is 1. The number of hydrogen-bond donors (Lipinski definition) is 0. The number of amides is 1. The number of pyridine rings is 1. The quantitative estimate of drug-likeness (QED) is 0.366. The van der Waals surface area contributed by atoms with E-state index in [4.69, 9.17) is 9.84 Å². The molecule has 0 aliphatic carbocycles. The molecule has 1 unspecified atom stereocenters. The third-order valence-electron chi connectivity index (χ3n) is 6.17. The molecule has 1 aliphatic heterocycles. The van der Waals surface area contributed by atoms with Crippen molar-refractivity contribution in [2.24, 2.45) is 0 Å². The van der Waals surface area contributed by atoms with Gasteiger partial charge in [-0.15, -0.1) is 0 Å². The number of likely N-dealkylation sites (N-methyl/N-ethyl adjacent to an activating group) is 1. The Morgan fingerprint density at radius 3 is 2.63 bits per heavy atom. The number of para-hydroxylation sites is 1. The number of carbonyl (C=O) groups excluding carboxylic acids is 1. The monoisotopic (exact) mass is 467 g/mol. The lowest BCUT2D eigenvalue weighted by molar-refractivity contribution is -0.125. The van der Waals surface area contributed by atoms with E-state index in [1.165, 1.54) is 0 Å². The van der Waals surface area contributed by atoms with Gasteiger partial charge in [0.05, 0.1) is 11.6 Å². The Bertz CT molecular complexity index is 1330. The van der Waals surface area contributed by atoms with Crippen molar-refractivity contribution in [3.8, 4) is 22.8 Å². The van der Waals surface area contributed by atoms with E-state index in [1.807, 2.05) is 96.8 Å². The Kier molecular flexibility index (Phi) is 6.59. The molecule has 3 heterocycles. The van der Waals surface area contributed by atoms with Crippen LogP contribution in [0.15, 0.2) is 85.2 Å². The Morgan fingerprint density at radius 1 is 1.09 bits per heavy atom. The lowest BCUT2D eigenvalue weighted by Crippen LogP contribution is -2.27. The Balaban J connectivity index is 1.37. The van der Waals surface area contributed by atoms with Gasteiger partial charge in [0.15, 0.2) is 0 Å². The summed E-state index contributed by atoms with van der Waals surface area (Å²) >= 11 is 0. The first-order valence-corrected chi connectivity index (χ1v) is 11.8. The van der Waals surface area contributed by atoms with Crippen LogP contribution in [0.5, 0.6) is 11.5 Å². The van der Waals surface area contributed by atoms with Gasteiger partial charge < -0.3 is 14.5 Å². The first-order valence-electron chi connectivity index (χ1n) is 11.8. The summed E-state index contributed by atoms with van der Waals surface area (Å²) in [5.41, 5.74) is 2.91. The molecule has 4 aromatic rings. The third kappa shape index (κ3) is 5.10. The average molecular weight is 468 g/mol. The van der Waals surface area contributed by atoms with E-state index in [-0.39, 0.29) is 11.9 Å². The molecule has 0 spiro atoms. The van der Waals surface area contributed by atoms with Gasteiger partial charge in [0.2, 0.25) is 5.91 Å². The van der Waals surface area contributed by atoms with Gasteiger partial charge >= 0.3 is 0 Å². The summed E-state index contributed by atoms with van der Waals surface area (Å²) < 4.78 is 8.00. The van der Waals surface area contributed by atoms with E-state index < -0.39 is 0 Å². The highest BCUT2D eigenvalue weighted by Gasteiger charge is 2.29. The zero-order chi connectivity index (χ0) is 24.2. The van der Waals surface area contributed by atoms with E-state index in [2.05, 4.69) is 9.67 Å². The number of fused-ring (bicyclic) bond motifs is 1. The summed E-state index contributed by atoms with van der Waals surface area (Å²) in [6.07, 6.45) is 8.12. The highest BCUT2D eigenvalue weighted by Crippen LogP contribution is 2.33. The molecular weight excluding hydrogens is 438 g/mol. The number of aromatic nitrogens is 3.